The predicted octanol–water partition coefficient (Wildman–Crippen LogP) is 4.72. The topological polar surface area (TPSA) is 95.3 Å². The molecular formula is C24H21ClN4O4S. The van der Waals surface area contributed by atoms with Gasteiger partial charge < -0.3 is 14.8 Å². The molecule has 0 saturated heterocycles. The van der Waals surface area contributed by atoms with Crippen molar-refractivity contribution in [2.75, 3.05) is 11.9 Å². The van der Waals surface area contributed by atoms with Crippen molar-refractivity contribution in [3.8, 4) is 5.75 Å². The van der Waals surface area contributed by atoms with E-state index in [1.807, 2.05) is 30.5 Å². The number of ether oxygens (including phenoxy) is 2. The summed E-state index contributed by atoms with van der Waals surface area (Å²) < 4.78 is 12.5. The molecule has 0 unspecified atom stereocenters. The van der Waals surface area contributed by atoms with Gasteiger partial charge in [-0.15, -0.1) is 11.3 Å². The van der Waals surface area contributed by atoms with E-state index in [-0.39, 0.29) is 5.56 Å². The average Bonchev–Trinajstić information content (AvgIpc) is 3.46. The number of carbonyl (C=O) groups is 2. The van der Waals surface area contributed by atoms with Crippen LogP contribution in [0.1, 0.15) is 26.6 Å². The maximum Gasteiger partial charge on any atom is 0.338 e. The Hall–Kier alpha value is -3.69. The number of rotatable bonds is 9. The number of halogens is 1. The fraction of sp³-hybridized carbons (Fsp3) is 0.167. The Bertz CT molecular complexity index is 1300. The molecule has 0 atom stereocenters. The number of amides is 1. The molecule has 4 aromatic rings. The van der Waals surface area contributed by atoms with Gasteiger partial charge in [-0.1, -0.05) is 35.9 Å². The molecule has 4 rings (SSSR count). The highest BCUT2D eigenvalue weighted by molar-refractivity contribution is 7.09. The quantitative estimate of drug-likeness (QED) is 0.337. The largest absolute Gasteiger partial charge is 0.487 e. The number of benzene rings is 2. The highest BCUT2D eigenvalue weighted by atomic mass is 35.5. The van der Waals surface area contributed by atoms with Crippen molar-refractivity contribution in [1.82, 2.24) is 14.8 Å². The van der Waals surface area contributed by atoms with Crippen LogP contribution in [-0.4, -0.2) is 33.2 Å². The zero-order valence-corrected chi connectivity index (χ0v) is 19.8. The lowest BCUT2D eigenvalue weighted by Gasteiger charge is -2.11. The lowest BCUT2D eigenvalue weighted by atomic mass is 10.2. The Morgan fingerprint density at radius 1 is 1.15 bits per heavy atom. The lowest BCUT2D eigenvalue weighted by Crippen LogP contribution is -2.22. The molecule has 34 heavy (non-hydrogen) atoms. The monoisotopic (exact) mass is 496 g/mol. The molecular weight excluding hydrogens is 476 g/mol. The third kappa shape index (κ3) is 6.21. The van der Waals surface area contributed by atoms with Crippen LogP contribution in [0.3, 0.4) is 0 Å². The summed E-state index contributed by atoms with van der Waals surface area (Å²) in [4.78, 5) is 29.1. The second-order valence-corrected chi connectivity index (χ2v) is 8.73. The van der Waals surface area contributed by atoms with E-state index >= 15 is 0 Å². The summed E-state index contributed by atoms with van der Waals surface area (Å²) >= 11 is 7.75. The molecule has 1 amide bonds. The van der Waals surface area contributed by atoms with Crippen LogP contribution in [0.25, 0.3) is 0 Å². The third-order valence-electron chi connectivity index (χ3n) is 4.72. The predicted molar refractivity (Wildman–Crippen MR) is 129 cm³/mol. The number of thiazole rings is 1. The molecule has 10 heteroatoms. The summed E-state index contributed by atoms with van der Waals surface area (Å²) in [6, 6.07) is 15.6. The highest BCUT2D eigenvalue weighted by Gasteiger charge is 2.14. The van der Waals surface area contributed by atoms with Gasteiger partial charge in [-0.25, -0.2) is 14.5 Å². The molecule has 174 valence electrons. The number of anilines is 1. The van der Waals surface area contributed by atoms with Gasteiger partial charge in [0.25, 0.3) is 5.91 Å². The summed E-state index contributed by atoms with van der Waals surface area (Å²) in [5.74, 6) is -0.142. The lowest BCUT2D eigenvalue weighted by molar-refractivity contribution is -0.119. The Morgan fingerprint density at radius 3 is 2.79 bits per heavy atom. The molecule has 2 aromatic carbocycles. The van der Waals surface area contributed by atoms with E-state index in [9.17, 15) is 9.59 Å². The summed E-state index contributed by atoms with van der Waals surface area (Å²) in [7, 11) is 0. The molecule has 0 radical (unpaired) electrons. The minimum atomic E-state index is -0.630. The molecule has 0 aliphatic rings. The first-order valence-corrected chi connectivity index (χ1v) is 11.6. The average molecular weight is 497 g/mol. The van der Waals surface area contributed by atoms with E-state index in [1.165, 1.54) is 0 Å². The number of esters is 1. The molecule has 2 aromatic heterocycles. The fourth-order valence-corrected chi connectivity index (χ4v) is 3.88. The van der Waals surface area contributed by atoms with Crippen molar-refractivity contribution in [2.45, 2.75) is 20.1 Å². The highest BCUT2D eigenvalue weighted by Crippen LogP contribution is 2.19. The Balaban J connectivity index is 1.29. The number of hydrogen-bond acceptors (Lipinski definition) is 7. The molecule has 8 nitrogen and oxygen atoms in total. The number of nitrogens with zero attached hydrogens (tertiary/aromatic N) is 3. The number of nitrogens with one attached hydrogen (secondary N) is 1. The summed E-state index contributed by atoms with van der Waals surface area (Å²) in [6.45, 7) is 2.16. The minimum absolute atomic E-state index is 0.281. The minimum Gasteiger partial charge on any atom is -0.487 e. The van der Waals surface area contributed by atoms with Gasteiger partial charge in [0.2, 0.25) is 0 Å². The van der Waals surface area contributed by atoms with Crippen LogP contribution in [0.2, 0.25) is 5.02 Å². The van der Waals surface area contributed by atoms with E-state index in [4.69, 9.17) is 21.1 Å². The number of hydrogen-bond donors (Lipinski definition) is 1. The molecule has 0 saturated carbocycles. The van der Waals surface area contributed by atoms with Crippen LogP contribution < -0.4 is 10.1 Å². The zero-order chi connectivity index (χ0) is 23.9. The molecule has 0 aliphatic heterocycles. The van der Waals surface area contributed by atoms with E-state index in [0.29, 0.717) is 29.7 Å². The van der Waals surface area contributed by atoms with Crippen LogP contribution in [0.4, 0.5) is 5.82 Å². The number of aromatic nitrogens is 3. The maximum absolute atomic E-state index is 12.4. The third-order valence-corrected chi connectivity index (χ3v) is 5.91. The Labute approximate surface area is 205 Å². The normalized spacial score (nSPS) is 10.6. The molecule has 0 bridgehead atoms. The van der Waals surface area contributed by atoms with Crippen LogP contribution in [0.15, 0.2) is 66.2 Å². The molecule has 0 spiro atoms. The van der Waals surface area contributed by atoms with Gasteiger partial charge in [0.1, 0.15) is 18.2 Å². The number of carbonyl (C=O) groups excluding carboxylic acids is 2. The fourth-order valence-electron chi connectivity index (χ4n) is 3.09. The molecule has 0 aliphatic carbocycles. The maximum atomic E-state index is 12.4. The van der Waals surface area contributed by atoms with Gasteiger partial charge in [-0.2, -0.15) is 5.10 Å². The van der Waals surface area contributed by atoms with Crippen molar-refractivity contribution in [1.29, 1.82) is 0 Å². The first-order chi connectivity index (χ1) is 16.5. The van der Waals surface area contributed by atoms with E-state index in [0.717, 1.165) is 16.3 Å². The molecule has 0 fully saturated rings. The van der Waals surface area contributed by atoms with Gasteiger partial charge in [0.05, 0.1) is 29.0 Å². The van der Waals surface area contributed by atoms with Gasteiger partial charge in [-0.05, 0) is 36.8 Å². The van der Waals surface area contributed by atoms with E-state index in [2.05, 4.69) is 15.4 Å². The van der Waals surface area contributed by atoms with Gasteiger partial charge in [-0.3, -0.25) is 4.79 Å². The van der Waals surface area contributed by atoms with Gasteiger partial charge in [0.15, 0.2) is 6.61 Å². The standard InChI is InChI=1S/C24H21ClN4O4S/c1-16-27-19(15-34-16)13-32-20-7-4-6-17(11-20)24(31)33-14-23(30)28-22-9-10-26-29(22)12-18-5-2-3-8-21(18)25/h2-11,15H,12-14H2,1H3,(H,28,30). The second-order valence-electron chi connectivity index (χ2n) is 7.26. The smallest absolute Gasteiger partial charge is 0.338 e. The zero-order valence-electron chi connectivity index (χ0n) is 18.2. The van der Waals surface area contributed by atoms with Crippen molar-refractivity contribution in [3.05, 3.63) is 93.0 Å². The molecule has 2 heterocycles. The summed E-state index contributed by atoms with van der Waals surface area (Å²) in [5.41, 5.74) is 1.96. The van der Waals surface area contributed by atoms with Crippen molar-refractivity contribution in [3.63, 3.8) is 0 Å². The summed E-state index contributed by atoms with van der Waals surface area (Å²) in [6.07, 6.45) is 1.57. The van der Waals surface area contributed by atoms with Crippen LogP contribution >= 0.6 is 22.9 Å². The Morgan fingerprint density at radius 2 is 2.00 bits per heavy atom. The van der Waals surface area contributed by atoms with Gasteiger partial charge in [0, 0.05) is 16.5 Å². The van der Waals surface area contributed by atoms with Gasteiger partial charge >= 0.3 is 5.97 Å². The SMILES string of the molecule is Cc1nc(COc2cccc(C(=O)OCC(=O)Nc3ccnn3Cc3ccccc3Cl)c2)cs1. The first kappa shape index (κ1) is 23.5. The van der Waals surface area contributed by atoms with Crippen LogP contribution in [-0.2, 0) is 22.7 Å². The number of aryl methyl sites for hydroxylation is 1. The van der Waals surface area contributed by atoms with Crippen LogP contribution in [0, 0.1) is 6.92 Å². The molecule has 1 N–H and O–H groups in total. The second kappa shape index (κ2) is 11.0. The van der Waals surface area contributed by atoms with Crippen molar-refractivity contribution < 1.29 is 19.1 Å². The van der Waals surface area contributed by atoms with E-state index in [1.54, 1.807) is 58.6 Å². The first-order valence-electron chi connectivity index (χ1n) is 10.3. The Kier molecular flexibility index (Phi) is 7.56. The van der Waals surface area contributed by atoms with Crippen molar-refractivity contribution in [2.24, 2.45) is 0 Å². The summed E-state index contributed by atoms with van der Waals surface area (Å²) in [5, 5.41) is 10.4. The van der Waals surface area contributed by atoms with E-state index < -0.39 is 18.5 Å². The van der Waals surface area contributed by atoms with Crippen LogP contribution in [0.5, 0.6) is 5.75 Å². The van der Waals surface area contributed by atoms with Crippen molar-refractivity contribution >= 4 is 40.6 Å².